The van der Waals surface area contributed by atoms with Gasteiger partial charge < -0.3 is 19.4 Å². The zero-order valence-electron chi connectivity index (χ0n) is 20.3. The van der Waals surface area contributed by atoms with E-state index in [-0.39, 0.29) is 26.8 Å². The quantitative estimate of drug-likeness (QED) is 0.288. The van der Waals surface area contributed by atoms with Crippen LogP contribution in [0.2, 0.25) is 0 Å². The number of sulfone groups is 1. The van der Waals surface area contributed by atoms with Gasteiger partial charge >= 0.3 is 0 Å². The van der Waals surface area contributed by atoms with Crippen molar-refractivity contribution >= 4 is 37.2 Å². The Kier molecular flexibility index (Phi) is 5.84. The predicted octanol–water partition coefficient (Wildman–Crippen LogP) is 5.02. The van der Waals surface area contributed by atoms with Gasteiger partial charge in [0.2, 0.25) is 11.7 Å². The van der Waals surface area contributed by atoms with E-state index in [9.17, 15) is 23.4 Å². The highest BCUT2D eigenvalue weighted by atomic mass is 32.2. The minimum atomic E-state index is -3.44. The van der Waals surface area contributed by atoms with Gasteiger partial charge in [0.25, 0.3) is 0 Å². The number of aromatic hydroxyl groups is 2. The summed E-state index contributed by atoms with van der Waals surface area (Å²) in [6, 6.07) is 12.9. The molecular weight excluding hydrogens is 516 g/mol. The molecule has 0 aliphatic heterocycles. The van der Waals surface area contributed by atoms with Crippen molar-refractivity contribution in [2.75, 3.05) is 13.4 Å². The first-order chi connectivity index (χ1) is 17.5. The summed E-state index contributed by atoms with van der Waals surface area (Å²) in [6.07, 6.45) is 1.12. The Morgan fingerprint density at radius 2 is 1.78 bits per heavy atom. The number of nitrogens with zero attached hydrogens (tertiary/aromatic N) is 2. The second kappa shape index (κ2) is 8.79. The second-order valence-electron chi connectivity index (χ2n) is 8.51. The molecule has 9 nitrogen and oxygen atoms in total. The number of ketones is 1. The average molecular weight is 539 g/mol. The maximum atomic E-state index is 13.7. The minimum Gasteiger partial charge on any atom is -0.503 e. The Morgan fingerprint density at radius 1 is 1.08 bits per heavy atom. The van der Waals surface area contributed by atoms with Crippen LogP contribution in [0.15, 0.2) is 57.8 Å². The summed E-state index contributed by atoms with van der Waals surface area (Å²) in [5.41, 5.74) is 1.34. The topological polar surface area (TPSA) is 132 Å². The van der Waals surface area contributed by atoms with Crippen LogP contribution < -0.4 is 4.74 Å². The first-order valence-electron chi connectivity index (χ1n) is 11.0. The van der Waals surface area contributed by atoms with Crippen LogP contribution in [-0.4, -0.2) is 47.3 Å². The molecule has 0 fully saturated rings. The van der Waals surface area contributed by atoms with Crippen molar-refractivity contribution in [3.05, 3.63) is 71.2 Å². The molecule has 37 heavy (non-hydrogen) atoms. The van der Waals surface area contributed by atoms with Crippen LogP contribution in [-0.2, 0) is 9.84 Å². The molecule has 0 bridgehead atoms. The molecule has 3 heterocycles. The minimum absolute atomic E-state index is 0.123. The molecule has 0 saturated carbocycles. The summed E-state index contributed by atoms with van der Waals surface area (Å²) < 4.78 is 36.7. The van der Waals surface area contributed by atoms with Crippen LogP contribution in [0, 0.1) is 13.8 Å². The summed E-state index contributed by atoms with van der Waals surface area (Å²) in [4.78, 5) is 18.4. The summed E-state index contributed by atoms with van der Waals surface area (Å²) in [5, 5.41) is 22.3. The molecule has 5 aromatic rings. The van der Waals surface area contributed by atoms with Gasteiger partial charge in [0.1, 0.15) is 17.3 Å². The molecule has 0 atom stereocenters. The van der Waals surface area contributed by atoms with E-state index in [2.05, 4.69) is 4.98 Å². The zero-order chi connectivity index (χ0) is 26.6. The van der Waals surface area contributed by atoms with Crippen LogP contribution in [0.1, 0.15) is 27.4 Å². The van der Waals surface area contributed by atoms with E-state index >= 15 is 0 Å². The number of rotatable bonds is 6. The van der Waals surface area contributed by atoms with Gasteiger partial charge in [0.15, 0.2) is 20.7 Å². The largest absolute Gasteiger partial charge is 0.503 e. The fraction of sp³-hybridized carbons (Fsp3) is 0.154. The van der Waals surface area contributed by atoms with Crippen molar-refractivity contribution in [1.82, 2.24) is 9.55 Å². The number of furan rings is 1. The first kappa shape index (κ1) is 24.6. The smallest absolute Gasteiger partial charge is 0.242 e. The third-order valence-electron chi connectivity index (χ3n) is 5.96. The number of fused-ring (bicyclic) bond motifs is 1. The van der Waals surface area contributed by atoms with Crippen molar-refractivity contribution in [3.63, 3.8) is 0 Å². The lowest BCUT2D eigenvalue weighted by Gasteiger charge is -2.10. The predicted molar refractivity (Wildman–Crippen MR) is 139 cm³/mol. The van der Waals surface area contributed by atoms with Gasteiger partial charge in [-0.1, -0.05) is 11.3 Å². The summed E-state index contributed by atoms with van der Waals surface area (Å²) in [5.74, 6) is -0.226. The van der Waals surface area contributed by atoms with Gasteiger partial charge in [0, 0.05) is 6.26 Å². The molecule has 0 saturated heterocycles. The standard InChI is InChI=1S/C26H22N2O7S2/c1-13-11-18(14(2)35-13)23(29)21-22(15-5-7-16(34-3)8-6-15)28(25(31)24(21)30)26-27-19-10-9-17(37(4,32)33)12-20(19)36-26/h5-12,30-31H,1-4H3. The van der Waals surface area contributed by atoms with Gasteiger partial charge in [-0.3, -0.25) is 9.36 Å². The molecule has 0 spiro atoms. The van der Waals surface area contributed by atoms with Gasteiger partial charge in [-0.05, 0) is 67.9 Å². The second-order valence-corrected chi connectivity index (χ2v) is 11.5. The van der Waals surface area contributed by atoms with Crippen LogP contribution in [0.4, 0.5) is 0 Å². The highest BCUT2D eigenvalue weighted by Crippen LogP contribution is 2.46. The van der Waals surface area contributed by atoms with Crippen LogP contribution in [0.5, 0.6) is 17.4 Å². The monoisotopic (exact) mass is 538 g/mol. The van der Waals surface area contributed by atoms with E-state index in [1.165, 1.54) is 23.8 Å². The molecule has 0 amide bonds. The zero-order valence-corrected chi connectivity index (χ0v) is 21.9. The molecule has 3 aromatic heterocycles. The van der Waals surface area contributed by atoms with Crippen molar-refractivity contribution < 1.29 is 32.6 Å². The fourth-order valence-electron chi connectivity index (χ4n) is 4.18. The first-order valence-corrected chi connectivity index (χ1v) is 13.7. The molecule has 0 unspecified atom stereocenters. The molecule has 2 aromatic carbocycles. The normalized spacial score (nSPS) is 11.8. The number of hydrogen-bond acceptors (Lipinski definition) is 9. The number of hydrogen-bond donors (Lipinski definition) is 2. The Labute approximate surface area is 216 Å². The van der Waals surface area contributed by atoms with E-state index in [1.807, 2.05) is 0 Å². The maximum absolute atomic E-state index is 13.7. The Bertz CT molecular complexity index is 1790. The Morgan fingerprint density at radius 3 is 2.38 bits per heavy atom. The van der Waals surface area contributed by atoms with Gasteiger partial charge in [-0.25, -0.2) is 13.4 Å². The molecule has 190 valence electrons. The average Bonchev–Trinajstić information content (AvgIpc) is 3.50. The maximum Gasteiger partial charge on any atom is 0.242 e. The molecule has 11 heteroatoms. The van der Waals surface area contributed by atoms with Gasteiger partial charge in [-0.2, -0.15) is 0 Å². The van der Waals surface area contributed by atoms with E-state index in [0.29, 0.717) is 33.1 Å². The molecule has 2 N–H and O–H groups in total. The molecule has 5 rings (SSSR count). The lowest BCUT2D eigenvalue weighted by molar-refractivity contribution is 0.103. The molecule has 0 aliphatic rings. The number of aryl methyl sites for hydroxylation is 2. The summed E-state index contributed by atoms with van der Waals surface area (Å²) in [7, 11) is -1.92. The SMILES string of the molecule is COc1ccc(-c2c(C(=O)c3cc(C)oc3C)c(O)c(O)n2-c2nc3ccc(S(C)(=O)=O)cc3s2)cc1. The third kappa shape index (κ3) is 4.15. The third-order valence-corrected chi connectivity index (χ3v) is 8.08. The number of methoxy groups -OCH3 is 1. The van der Waals surface area contributed by atoms with Crippen molar-refractivity contribution in [2.24, 2.45) is 0 Å². The highest BCUT2D eigenvalue weighted by molar-refractivity contribution is 7.90. The fourth-order valence-corrected chi connectivity index (χ4v) is 5.92. The molecular formula is C26H22N2O7S2. The number of thiazole rings is 1. The number of carbonyl (C=O) groups is 1. The molecule has 0 radical (unpaired) electrons. The van der Waals surface area contributed by atoms with E-state index < -0.39 is 27.2 Å². The van der Waals surface area contributed by atoms with E-state index in [0.717, 1.165) is 17.6 Å². The van der Waals surface area contributed by atoms with Crippen molar-refractivity contribution in [3.8, 4) is 33.8 Å². The van der Waals surface area contributed by atoms with Crippen LogP contribution in [0.25, 0.3) is 26.6 Å². The van der Waals surface area contributed by atoms with Crippen molar-refractivity contribution in [1.29, 1.82) is 0 Å². The molecule has 0 aliphatic carbocycles. The number of aromatic nitrogens is 2. The summed E-state index contributed by atoms with van der Waals surface area (Å²) >= 11 is 1.11. The van der Waals surface area contributed by atoms with Gasteiger partial charge in [0.05, 0.1) is 39.0 Å². The summed E-state index contributed by atoms with van der Waals surface area (Å²) in [6.45, 7) is 3.36. The number of ether oxygens (including phenoxy) is 1. The Hall–Kier alpha value is -4.09. The highest BCUT2D eigenvalue weighted by Gasteiger charge is 2.32. The number of benzene rings is 2. The van der Waals surface area contributed by atoms with Crippen LogP contribution >= 0.6 is 11.3 Å². The number of carbonyl (C=O) groups excluding carboxylic acids is 1. The Balaban J connectivity index is 1.79. The lowest BCUT2D eigenvalue weighted by atomic mass is 9.99. The van der Waals surface area contributed by atoms with E-state index in [4.69, 9.17) is 9.15 Å². The van der Waals surface area contributed by atoms with Gasteiger partial charge in [-0.15, -0.1) is 0 Å². The van der Waals surface area contributed by atoms with Crippen molar-refractivity contribution in [2.45, 2.75) is 18.7 Å². The van der Waals surface area contributed by atoms with Crippen LogP contribution in [0.3, 0.4) is 0 Å². The lowest BCUT2D eigenvalue weighted by Crippen LogP contribution is -2.05. The van der Waals surface area contributed by atoms with E-state index in [1.54, 1.807) is 50.2 Å².